The number of carboxylic acids is 1. The molecule has 0 aliphatic rings. The summed E-state index contributed by atoms with van der Waals surface area (Å²) in [4.78, 5) is 22.7. The van der Waals surface area contributed by atoms with E-state index < -0.39 is 5.97 Å². The van der Waals surface area contributed by atoms with Crippen LogP contribution in [0.2, 0.25) is 0 Å². The molecule has 0 atom stereocenters. The molecule has 0 spiro atoms. The number of carboxylic acid groups (broad SMARTS) is 1. The Balaban J connectivity index is 2.23. The van der Waals surface area contributed by atoms with Gasteiger partial charge >= 0.3 is 5.97 Å². The van der Waals surface area contributed by atoms with E-state index in [0.29, 0.717) is 17.8 Å². The van der Waals surface area contributed by atoms with Crippen molar-refractivity contribution in [1.29, 1.82) is 0 Å². The second kappa shape index (κ2) is 6.69. The SMILES string of the molecule is CCCCC(=O)Nc1ccccc1-n1ccc(C(=O)O)n1. The van der Waals surface area contributed by atoms with Crippen LogP contribution in [-0.4, -0.2) is 26.8 Å². The number of benzene rings is 1. The Morgan fingerprint density at radius 1 is 1.29 bits per heavy atom. The molecule has 0 bridgehead atoms. The number of carbonyl (C=O) groups is 2. The van der Waals surface area contributed by atoms with Gasteiger partial charge in [0.25, 0.3) is 0 Å². The summed E-state index contributed by atoms with van der Waals surface area (Å²) in [5.74, 6) is -1.15. The van der Waals surface area contributed by atoms with E-state index in [1.54, 1.807) is 30.5 Å². The van der Waals surface area contributed by atoms with Crippen molar-refractivity contribution in [2.24, 2.45) is 0 Å². The summed E-state index contributed by atoms with van der Waals surface area (Å²) in [7, 11) is 0. The number of amides is 1. The Hall–Kier alpha value is -2.63. The molecule has 1 aromatic carbocycles. The van der Waals surface area contributed by atoms with Gasteiger partial charge in [0, 0.05) is 12.6 Å². The van der Waals surface area contributed by atoms with Crippen molar-refractivity contribution in [2.45, 2.75) is 26.2 Å². The van der Waals surface area contributed by atoms with Crippen molar-refractivity contribution in [3.05, 3.63) is 42.2 Å². The molecule has 0 aliphatic carbocycles. The summed E-state index contributed by atoms with van der Waals surface area (Å²) < 4.78 is 1.44. The van der Waals surface area contributed by atoms with E-state index in [1.807, 2.05) is 6.92 Å². The molecule has 2 aromatic rings. The van der Waals surface area contributed by atoms with Crippen molar-refractivity contribution in [3.63, 3.8) is 0 Å². The molecule has 0 fully saturated rings. The minimum atomic E-state index is -1.08. The third-order valence-corrected chi connectivity index (χ3v) is 2.99. The van der Waals surface area contributed by atoms with Crippen molar-refractivity contribution < 1.29 is 14.7 Å². The fourth-order valence-electron chi connectivity index (χ4n) is 1.90. The number of aromatic nitrogens is 2. The number of hydrogen-bond acceptors (Lipinski definition) is 3. The van der Waals surface area contributed by atoms with Crippen LogP contribution in [0.5, 0.6) is 0 Å². The van der Waals surface area contributed by atoms with E-state index in [1.165, 1.54) is 10.7 Å². The molecule has 0 saturated heterocycles. The van der Waals surface area contributed by atoms with Gasteiger partial charge in [-0.3, -0.25) is 4.79 Å². The zero-order valence-corrected chi connectivity index (χ0v) is 11.7. The Kier molecular flexibility index (Phi) is 4.71. The van der Waals surface area contributed by atoms with Gasteiger partial charge in [-0.2, -0.15) is 5.10 Å². The third kappa shape index (κ3) is 3.68. The van der Waals surface area contributed by atoms with Crippen LogP contribution in [0.1, 0.15) is 36.7 Å². The van der Waals surface area contributed by atoms with Gasteiger partial charge in [-0.1, -0.05) is 25.5 Å². The maximum absolute atomic E-state index is 11.8. The van der Waals surface area contributed by atoms with Gasteiger partial charge in [-0.05, 0) is 24.6 Å². The van der Waals surface area contributed by atoms with Crippen molar-refractivity contribution >= 4 is 17.6 Å². The number of aromatic carboxylic acids is 1. The van der Waals surface area contributed by atoms with Gasteiger partial charge in [-0.15, -0.1) is 0 Å². The van der Waals surface area contributed by atoms with Crippen LogP contribution in [0.25, 0.3) is 5.69 Å². The quantitative estimate of drug-likeness (QED) is 0.855. The van der Waals surface area contributed by atoms with Crippen LogP contribution >= 0.6 is 0 Å². The summed E-state index contributed by atoms with van der Waals surface area (Å²) in [6.45, 7) is 2.03. The lowest BCUT2D eigenvalue weighted by atomic mass is 10.2. The molecule has 21 heavy (non-hydrogen) atoms. The number of nitrogens with one attached hydrogen (secondary N) is 1. The summed E-state index contributed by atoms with van der Waals surface area (Å²) in [6.07, 6.45) is 3.81. The maximum Gasteiger partial charge on any atom is 0.356 e. The van der Waals surface area contributed by atoms with E-state index >= 15 is 0 Å². The molecule has 0 radical (unpaired) electrons. The van der Waals surface area contributed by atoms with E-state index in [-0.39, 0.29) is 11.6 Å². The molecule has 0 saturated carbocycles. The topological polar surface area (TPSA) is 84.2 Å². The largest absolute Gasteiger partial charge is 0.476 e. The van der Waals surface area contributed by atoms with Crippen LogP contribution in [0, 0.1) is 0 Å². The van der Waals surface area contributed by atoms with E-state index in [2.05, 4.69) is 10.4 Å². The van der Waals surface area contributed by atoms with Crippen LogP contribution in [0.4, 0.5) is 5.69 Å². The standard InChI is InChI=1S/C15H17N3O3/c1-2-3-8-14(19)16-11-6-4-5-7-13(11)18-10-9-12(17-18)15(20)21/h4-7,9-10H,2-3,8H2,1H3,(H,16,19)(H,20,21). The number of rotatable bonds is 6. The summed E-state index contributed by atoms with van der Waals surface area (Å²) in [5, 5.41) is 15.7. The second-order valence-electron chi connectivity index (χ2n) is 4.62. The minimum absolute atomic E-state index is 0.0397. The molecule has 2 N–H and O–H groups in total. The Labute approximate surface area is 122 Å². The first-order valence-corrected chi connectivity index (χ1v) is 6.80. The predicted octanol–water partition coefficient (Wildman–Crippen LogP) is 2.70. The van der Waals surface area contributed by atoms with E-state index in [9.17, 15) is 9.59 Å². The highest BCUT2D eigenvalue weighted by Crippen LogP contribution is 2.20. The number of anilines is 1. The third-order valence-electron chi connectivity index (χ3n) is 2.99. The minimum Gasteiger partial charge on any atom is -0.476 e. The van der Waals surface area contributed by atoms with Crippen molar-refractivity contribution in [3.8, 4) is 5.69 Å². The molecule has 6 nitrogen and oxygen atoms in total. The average molecular weight is 287 g/mol. The average Bonchev–Trinajstić information content (AvgIpc) is 2.95. The number of carbonyl (C=O) groups excluding carboxylic acids is 1. The van der Waals surface area contributed by atoms with Gasteiger partial charge in [0.1, 0.15) is 0 Å². The normalized spacial score (nSPS) is 10.3. The highest BCUT2D eigenvalue weighted by atomic mass is 16.4. The Morgan fingerprint density at radius 2 is 2.05 bits per heavy atom. The monoisotopic (exact) mass is 287 g/mol. The van der Waals surface area contributed by atoms with Gasteiger partial charge in [0.15, 0.2) is 5.69 Å². The first-order valence-electron chi connectivity index (χ1n) is 6.80. The van der Waals surface area contributed by atoms with Crippen LogP contribution in [0.3, 0.4) is 0 Å². The van der Waals surface area contributed by atoms with Gasteiger partial charge in [0.05, 0.1) is 11.4 Å². The zero-order valence-electron chi connectivity index (χ0n) is 11.7. The Morgan fingerprint density at radius 3 is 2.71 bits per heavy atom. The molecule has 0 unspecified atom stereocenters. The molecule has 110 valence electrons. The molecule has 0 aliphatic heterocycles. The lowest BCUT2D eigenvalue weighted by Gasteiger charge is -2.10. The zero-order chi connectivity index (χ0) is 15.2. The maximum atomic E-state index is 11.8. The summed E-state index contributed by atoms with van der Waals surface area (Å²) in [6, 6.07) is 8.56. The molecular weight excluding hydrogens is 270 g/mol. The molecule has 1 amide bonds. The number of hydrogen-bond donors (Lipinski definition) is 2. The van der Waals surface area contributed by atoms with Crippen LogP contribution < -0.4 is 5.32 Å². The first kappa shape index (κ1) is 14.8. The highest BCUT2D eigenvalue weighted by Gasteiger charge is 2.11. The number of nitrogens with zero attached hydrogens (tertiary/aromatic N) is 2. The second-order valence-corrected chi connectivity index (χ2v) is 4.62. The first-order chi connectivity index (χ1) is 10.1. The fourth-order valence-corrected chi connectivity index (χ4v) is 1.90. The van der Waals surface area contributed by atoms with Crippen molar-refractivity contribution in [2.75, 3.05) is 5.32 Å². The molecule has 1 aromatic heterocycles. The van der Waals surface area contributed by atoms with Crippen LogP contribution in [-0.2, 0) is 4.79 Å². The number of unbranched alkanes of at least 4 members (excludes halogenated alkanes) is 1. The molecule has 1 heterocycles. The predicted molar refractivity (Wildman–Crippen MR) is 78.7 cm³/mol. The number of para-hydroxylation sites is 2. The fraction of sp³-hybridized carbons (Fsp3) is 0.267. The van der Waals surface area contributed by atoms with E-state index in [0.717, 1.165) is 12.8 Å². The highest BCUT2D eigenvalue weighted by molar-refractivity contribution is 5.92. The lowest BCUT2D eigenvalue weighted by molar-refractivity contribution is -0.116. The van der Waals surface area contributed by atoms with Crippen molar-refractivity contribution in [1.82, 2.24) is 9.78 Å². The van der Waals surface area contributed by atoms with Gasteiger partial charge < -0.3 is 10.4 Å². The lowest BCUT2D eigenvalue weighted by Crippen LogP contribution is -2.13. The molecule has 6 heteroatoms. The summed E-state index contributed by atoms with van der Waals surface area (Å²) >= 11 is 0. The van der Waals surface area contributed by atoms with Gasteiger partial charge in [0.2, 0.25) is 5.91 Å². The smallest absolute Gasteiger partial charge is 0.356 e. The molecular formula is C15H17N3O3. The van der Waals surface area contributed by atoms with Crippen LogP contribution in [0.15, 0.2) is 36.5 Å². The molecule has 2 rings (SSSR count). The Bertz CT molecular complexity index is 649. The summed E-state index contributed by atoms with van der Waals surface area (Å²) in [5.41, 5.74) is 1.20. The van der Waals surface area contributed by atoms with E-state index in [4.69, 9.17) is 5.11 Å². The van der Waals surface area contributed by atoms with Gasteiger partial charge in [-0.25, -0.2) is 9.48 Å².